The van der Waals surface area contributed by atoms with Crippen LogP contribution in [0.1, 0.15) is 36.3 Å². The standard InChI is InChI=1S/C12H18N2O/c1-4-8(2)11(13)12(15)10-6-5-9(3)14-7-10/h5-8,11H,4,13H2,1-3H3. The fraction of sp³-hybridized carbons (Fsp3) is 0.500. The number of aryl methyl sites for hydroxylation is 1. The van der Waals surface area contributed by atoms with E-state index in [1.807, 2.05) is 26.8 Å². The van der Waals surface area contributed by atoms with E-state index in [2.05, 4.69) is 4.98 Å². The van der Waals surface area contributed by atoms with Gasteiger partial charge in [0.1, 0.15) is 0 Å². The first kappa shape index (κ1) is 11.9. The second-order valence-corrected chi connectivity index (χ2v) is 3.96. The molecular weight excluding hydrogens is 188 g/mol. The zero-order valence-electron chi connectivity index (χ0n) is 9.53. The van der Waals surface area contributed by atoms with Crippen molar-refractivity contribution in [3.8, 4) is 0 Å². The first-order chi connectivity index (χ1) is 7.06. The minimum absolute atomic E-state index is 0.0168. The number of carbonyl (C=O) groups excluding carboxylic acids is 1. The predicted octanol–water partition coefficient (Wildman–Crippen LogP) is 1.95. The van der Waals surface area contributed by atoms with Gasteiger partial charge in [-0.05, 0) is 25.0 Å². The van der Waals surface area contributed by atoms with E-state index in [0.717, 1.165) is 12.1 Å². The highest BCUT2D eigenvalue weighted by Gasteiger charge is 2.20. The zero-order valence-corrected chi connectivity index (χ0v) is 9.53. The average molecular weight is 206 g/mol. The summed E-state index contributed by atoms with van der Waals surface area (Å²) < 4.78 is 0. The Morgan fingerprint density at radius 1 is 1.53 bits per heavy atom. The van der Waals surface area contributed by atoms with Crippen molar-refractivity contribution in [1.29, 1.82) is 0 Å². The molecule has 1 aromatic heterocycles. The van der Waals surface area contributed by atoms with Crippen molar-refractivity contribution in [2.75, 3.05) is 0 Å². The predicted molar refractivity (Wildman–Crippen MR) is 60.7 cm³/mol. The number of nitrogens with zero attached hydrogens (tertiary/aromatic N) is 1. The molecule has 0 spiro atoms. The molecule has 0 fully saturated rings. The van der Waals surface area contributed by atoms with Crippen LogP contribution in [0, 0.1) is 12.8 Å². The minimum Gasteiger partial charge on any atom is -0.321 e. The number of hydrogen-bond acceptors (Lipinski definition) is 3. The van der Waals surface area contributed by atoms with E-state index >= 15 is 0 Å². The molecule has 15 heavy (non-hydrogen) atoms. The Kier molecular flexibility index (Phi) is 3.97. The summed E-state index contributed by atoms with van der Waals surface area (Å²) in [5.41, 5.74) is 7.38. The van der Waals surface area contributed by atoms with Crippen molar-refractivity contribution < 1.29 is 4.79 Å². The van der Waals surface area contributed by atoms with Crippen molar-refractivity contribution in [1.82, 2.24) is 4.98 Å². The second kappa shape index (κ2) is 5.03. The molecule has 1 heterocycles. The van der Waals surface area contributed by atoms with Crippen molar-refractivity contribution in [2.45, 2.75) is 33.2 Å². The Morgan fingerprint density at radius 3 is 2.67 bits per heavy atom. The molecule has 0 saturated heterocycles. The van der Waals surface area contributed by atoms with Crippen LogP contribution in [-0.2, 0) is 0 Å². The SMILES string of the molecule is CCC(C)C(N)C(=O)c1ccc(C)nc1. The van der Waals surface area contributed by atoms with Crippen molar-refractivity contribution >= 4 is 5.78 Å². The van der Waals surface area contributed by atoms with Gasteiger partial charge in [-0.25, -0.2) is 0 Å². The van der Waals surface area contributed by atoms with Gasteiger partial charge in [0.05, 0.1) is 6.04 Å². The molecule has 1 aromatic rings. The third kappa shape index (κ3) is 2.86. The lowest BCUT2D eigenvalue weighted by Crippen LogP contribution is -2.36. The highest BCUT2D eigenvalue weighted by molar-refractivity contribution is 5.99. The summed E-state index contributed by atoms with van der Waals surface area (Å²) in [6.07, 6.45) is 2.51. The Balaban J connectivity index is 2.80. The summed E-state index contributed by atoms with van der Waals surface area (Å²) in [4.78, 5) is 16.0. The van der Waals surface area contributed by atoms with E-state index < -0.39 is 6.04 Å². The molecule has 3 heteroatoms. The first-order valence-electron chi connectivity index (χ1n) is 5.28. The molecule has 0 bridgehead atoms. The molecule has 2 atom stereocenters. The number of pyridine rings is 1. The molecular formula is C12H18N2O. The molecule has 3 nitrogen and oxygen atoms in total. The molecule has 0 aliphatic rings. The van der Waals surface area contributed by atoms with Gasteiger partial charge in [-0.3, -0.25) is 9.78 Å². The molecule has 0 aliphatic carbocycles. The lowest BCUT2D eigenvalue weighted by Gasteiger charge is -2.16. The molecule has 0 aromatic carbocycles. The third-order valence-corrected chi connectivity index (χ3v) is 2.76. The van der Waals surface area contributed by atoms with Crippen LogP contribution in [0.2, 0.25) is 0 Å². The summed E-state index contributed by atoms with van der Waals surface area (Å²) in [5, 5.41) is 0. The number of hydrogen-bond donors (Lipinski definition) is 1. The number of carbonyl (C=O) groups is 1. The van der Waals surface area contributed by atoms with E-state index in [1.165, 1.54) is 0 Å². The van der Waals surface area contributed by atoms with Gasteiger partial charge in [0.2, 0.25) is 0 Å². The van der Waals surface area contributed by atoms with Gasteiger partial charge in [-0.2, -0.15) is 0 Å². The highest BCUT2D eigenvalue weighted by Crippen LogP contribution is 2.11. The maximum Gasteiger partial charge on any atom is 0.181 e. The number of nitrogens with two attached hydrogens (primary N) is 1. The van der Waals surface area contributed by atoms with E-state index in [0.29, 0.717) is 5.56 Å². The summed E-state index contributed by atoms with van der Waals surface area (Å²) in [6, 6.07) is 3.20. The summed E-state index contributed by atoms with van der Waals surface area (Å²) in [6.45, 7) is 5.91. The molecule has 0 radical (unpaired) electrons. The van der Waals surface area contributed by atoms with Gasteiger partial charge < -0.3 is 5.73 Å². The molecule has 1 rings (SSSR count). The van der Waals surface area contributed by atoms with Crippen LogP contribution in [-0.4, -0.2) is 16.8 Å². The van der Waals surface area contributed by atoms with Gasteiger partial charge in [0.25, 0.3) is 0 Å². The summed E-state index contributed by atoms with van der Waals surface area (Å²) >= 11 is 0. The van der Waals surface area contributed by atoms with Crippen LogP contribution in [0.25, 0.3) is 0 Å². The first-order valence-corrected chi connectivity index (χ1v) is 5.28. The maximum absolute atomic E-state index is 11.9. The molecule has 2 N–H and O–H groups in total. The van der Waals surface area contributed by atoms with E-state index in [9.17, 15) is 4.79 Å². The van der Waals surface area contributed by atoms with Crippen LogP contribution in [0.3, 0.4) is 0 Å². The fourth-order valence-corrected chi connectivity index (χ4v) is 1.32. The molecule has 82 valence electrons. The van der Waals surface area contributed by atoms with E-state index in [1.54, 1.807) is 12.3 Å². The average Bonchev–Trinajstić information content (AvgIpc) is 2.27. The molecule has 0 saturated carbocycles. The summed E-state index contributed by atoms with van der Waals surface area (Å²) in [5.74, 6) is 0.190. The van der Waals surface area contributed by atoms with E-state index in [-0.39, 0.29) is 11.7 Å². The number of Topliss-reactive ketones (excluding diaryl/α,β-unsaturated/α-hetero) is 1. The smallest absolute Gasteiger partial charge is 0.181 e. The van der Waals surface area contributed by atoms with Gasteiger partial charge in [0, 0.05) is 17.5 Å². The van der Waals surface area contributed by atoms with Crippen LogP contribution in [0.5, 0.6) is 0 Å². The topological polar surface area (TPSA) is 56.0 Å². The van der Waals surface area contributed by atoms with Crippen molar-refractivity contribution in [3.63, 3.8) is 0 Å². The normalized spacial score (nSPS) is 14.7. The second-order valence-electron chi connectivity index (χ2n) is 3.96. The lowest BCUT2D eigenvalue weighted by molar-refractivity contribution is 0.0934. The number of aromatic nitrogens is 1. The molecule has 0 aliphatic heterocycles. The maximum atomic E-state index is 11.9. The fourth-order valence-electron chi connectivity index (χ4n) is 1.32. The third-order valence-electron chi connectivity index (χ3n) is 2.76. The summed E-state index contributed by atoms with van der Waals surface area (Å²) in [7, 11) is 0. The van der Waals surface area contributed by atoms with E-state index in [4.69, 9.17) is 5.73 Å². The van der Waals surface area contributed by atoms with Gasteiger partial charge in [-0.1, -0.05) is 20.3 Å². The van der Waals surface area contributed by atoms with Crippen molar-refractivity contribution in [2.24, 2.45) is 11.7 Å². The zero-order chi connectivity index (χ0) is 11.4. The Morgan fingerprint density at radius 2 is 2.20 bits per heavy atom. The lowest BCUT2D eigenvalue weighted by atomic mass is 9.93. The quantitative estimate of drug-likeness (QED) is 0.766. The molecule has 0 amide bonds. The Hall–Kier alpha value is -1.22. The largest absolute Gasteiger partial charge is 0.321 e. The van der Waals surface area contributed by atoms with Crippen LogP contribution in [0.15, 0.2) is 18.3 Å². The Bertz CT molecular complexity index is 332. The van der Waals surface area contributed by atoms with Gasteiger partial charge >= 0.3 is 0 Å². The Labute approximate surface area is 90.7 Å². The van der Waals surface area contributed by atoms with Crippen molar-refractivity contribution in [3.05, 3.63) is 29.6 Å². The number of ketones is 1. The minimum atomic E-state index is -0.417. The molecule has 2 unspecified atom stereocenters. The van der Waals surface area contributed by atoms with Gasteiger partial charge in [-0.15, -0.1) is 0 Å². The number of rotatable bonds is 4. The van der Waals surface area contributed by atoms with Crippen LogP contribution < -0.4 is 5.73 Å². The monoisotopic (exact) mass is 206 g/mol. The van der Waals surface area contributed by atoms with Crippen LogP contribution >= 0.6 is 0 Å². The van der Waals surface area contributed by atoms with Crippen LogP contribution in [0.4, 0.5) is 0 Å². The van der Waals surface area contributed by atoms with Gasteiger partial charge in [0.15, 0.2) is 5.78 Å². The highest BCUT2D eigenvalue weighted by atomic mass is 16.1.